The minimum atomic E-state index is 0.302. The van der Waals surface area contributed by atoms with E-state index in [0.29, 0.717) is 5.75 Å². The fourth-order valence-electron chi connectivity index (χ4n) is 1.79. The minimum Gasteiger partial charge on any atom is -0.508 e. The average molecular weight is 224 g/mol. The molecule has 2 aromatic carbocycles. The van der Waals surface area contributed by atoms with E-state index in [2.05, 4.69) is 30.8 Å². The Kier molecular flexibility index (Phi) is 3.61. The second-order valence-corrected chi connectivity index (χ2v) is 4.07. The molecule has 17 heavy (non-hydrogen) atoms. The fraction of sp³-hybridized carbons (Fsp3) is 0.125. The molecular weight excluding hydrogens is 208 g/mol. The SMILES string of the molecule is C=CCCc1ccc(-c2ccc(O)cc2)cc1. The minimum absolute atomic E-state index is 0.302. The molecule has 1 heteroatoms. The van der Waals surface area contributed by atoms with Crippen molar-refractivity contribution in [2.24, 2.45) is 0 Å². The maximum Gasteiger partial charge on any atom is 0.115 e. The van der Waals surface area contributed by atoms with Gasteiger partial charge in [-0.2, -0.15) is 0 Å². The van der Waals surface area contributed by atoms with Gasteiger partial charge < -0.3 is 5.11 Å². The monoisotopic (exact) mass is 224 g/mol. The number of phenols is 1. The molecule has 0 saturated heterocycles. The number of phenolic OH excluding ortho intramolecular Hbond substituents is 1. The molecule has 0 unspecified atom stereocenters. The standard InChI is InChI=1S/C16H16O/c1-2-3-4-13-5-7-14(8-6-13)15-9-11-16(17)12-10-15/h2,5-12,17H,1,3-4H2. The van der Waals surface area contributed by atoms with Gasteiger partial charge in [0.15, 0.2) is 0 Å². The first-order chi connectivity index (χ1) is 8.29. The molecule has 2 rings (SSSR count). The molecule has 0 aliphatic rings. The first-order valence-corrected chi connectivity index (χ1v) is 5.79. The van der Waals surface area contributed by atoms with E-state index < -0.39 is 0 Å². The molecule has 0 aromatic heterocycles. The third-order valence-electron chi connectivity index (χ3n) is 2.79. The molecule has 0 aliphatic heterocycles. The van der Waals surface area contributed by atoms with Gasteiger partial charge in [0.2, 0.25) is 0 Å². The number of aromatic hydroxyl groups is 1. The van der Waals surface area contributed by atoms with Gasteiger partial charge >= 0.3 is 0 Å². The lowest BCUT2D eigenvalue weighted by molar-refractivity contribution is 0.475. The smallest absolute Gasteiger partial charge is 0.115 e. The quantitative estimate of drug-likeness (QED) is 0.772. The number of hydrogen-bond acceptors (Lipinski definition) is 1. The molecule has 0 radical (unpaired) electrons. The summed E-state index contributed by atoms with van der Waals surface area (Å²) in [4.78, 5) is 0. The van der Waals surface area contributed by atoms with E-state index in [-0.39, 0.29) is 0 Å². The van der Waals surface area contributed by atoms with Crippen LogP contribution in [0.1, 0.15) is 12.0 Å². The normalized spacial score (nSPS) is 10.1. The van der Waals surface area contributed by atoms with E-state index in [1.807, 2.05) is 18.2 Å². The van der Waals surface area contributed by atoms with Crippen molar-refractivity contribution < 1.29 is 5.11 Å². The summed E-state index contributed by atoms with van der Waals surface area (Å²) in [6, 6.07) is 15.8. The highest BCUT2D eigenvalue weighted by Crippen LogP contribution is 2.22. The van der Waals surface area contributed by atoms with Crippen LogP contribution in [-0.2, 0) is 6.42 Å². The van der Waals surface area contributed by atoms with Crippen molar-refractivity contribution in [1.82, 2.24) is 0 Å². The number of benzene rings is 2. The van der Waals surface area contributed by atoms with Gasteiger partial charge in [0.25, 0.3) is 0 Å². The molecule has 0 heterocycles. The van der Waals surface area contributed by atoms with Crippen molar-refractivity contribution in [3.63, 3.8) is 0 Å². The number of hydrogen-bond donors (Lipinski definition) is 1. The van der Waals surface area contributed by atoms with Crippen LogP contribution in [0.15, 0.2) is 61.2 Å². The van der Waals surface area contributed by atoms with Crippen molar-refractivity contribution >= 4 is 0 Å². The van der Waals surface area contributed by atoms with Crippen LogP contribution in [0.2, 0.25) is 0 Å². The highest BCUT2D eigenvalue weighted by atomic mass is 16.3. The first-order valence-electron chi connectivity index (χ1n) is 5.79. The zero-order chi connectivity index (χ0) is 12.1. The van der Waals surface area contributed by atoms with Crippen molar-refractivity contribution in [2.45, 2.75) is 12.8 Å². The van der Waals surface area contributed by atoms with Gasteiger partial charge in [0, 0.05) is 0 Å². The summed E-state index contributed by atoms with van der Waals surface area (Å²) in [5, 5.41) is 9.24. The van der Waals surface area contributed by atoms with Crippen LogP contribution in [0.4, 0.5) is 0 Å². The summed E-state index contributed by atoms with van der Waals surface area (Å²) in [6.07, 6.45) is 3.99. The lowest BCUT2D eigenvalue weighted by Gasteiger charge is -2.04. The van der Waals surface area contributed by atoms with Crippen molar-refractivity contribution in [3.8, 4) is 16.9 Å². The van der Waals surface area contributed by atoms with Gasteiger partial charge in [-0.05, 0) is 41.7 Å². The Balaban J connectivity index is 2.17. The summed E-state index contributed by atoms with van der Waals surface area (Å²) in [5.74, 6) is 0.302. The molecule has 1 N–H and O–H groups in total. The van der Waals surface area contributed by atoms with Crippen LogP contribution >= 0.6 is 0 Å². The fourth-order valence-corrected chi connectivity index (χ4v) is 1.79. The van der Waals surface area contributed by atoms with Crippen molar-refractivity contribution in [3.05, 3.63) is 66.7 Å². The molecule has 1 nitrogen and oxygen atoms in total. The van der Waals surface area contributed by atoms with E-state index in [1.165, 1.54) is 11.1 Å². The van der Waals surface area contributed by atoms with Crippen LogP contribution in [0.5, 0.6) is 5.75 Å². The van der Waals surface area contributed by atoms with E-state index in [1.54, 1.807) is 12.1 Å². The van der Waals surface area contributed by atoms with Gasteiger partial charge in [0.1, 0.15) is 5.75 Å². The van der Waals surface area contributed by atoms with Gasteiger partial charge in [-0.15, -0.1) is 6.58 Å². The molecule has 0 atom stereocenters. The predicted octanol–water partition coefficient (Wildman–Crippen LogP) is 4.18. The summed E-state index contributed by atoms with van der Waals surface area (Å²) in [6.45, 7) is 3.73. The molecule has 0 saturated carbocycles. The number of aryl methyl sites for hydroxylation is 1. The Labute approximate surface area is 102 Å². The summed E-state index contributed by atoms with van der Waals surface area (Å²) < 4.78 is 0. The second kappa shape index (κ2) is 5.35. The maximum atomic E-state index is 9.24. The van der Waals surface area contributed by atoms with Crippen LogP contribution < -0.4 is 0 Å². The maximum absolute atomic E-state index is 9.24. The van der Waals surface area contributed by atoms with Crippen LogP contribution in [0, 0.1) is 0 Å². The Morgan fingerprint density at radius 3 is 1.94 bits per heavy atom. The zero-order valence-electron chi connectivity index (χ0n) is 9.76. The third-order valence-corrected chi connectivity index (χ3v) is 2.79. The molecule has 0 spiro atoms. The molecule has 0 fully saturated rings. The lowest BCUT2D eigenvalue weighted by atomic mass is 10.0. The number of allylic oxidation sites excluding steroid dienone is 1. The third kappa shape index (κ3) is 2.97. The second-order valence-electron chi connectivity index (χ2n) is 4.07. The highest BCUT2D eigenvalue weighted by Gasteiger charge is 1.98. The van der Waals surface area contributed by atoms with Gasteiger partial charge in [0.05, 0.1) is 0 Å². The van der Waals surface area contributed by atoms with Crippen LogP contribution in [0.25, 0.3) is 11.1 Å². The van der Waals surface area contributed by atoms with Gasteiger partial charge in [-0.25, -0.2) is 0 Å². The molecule has 0 amide bonds. The van der Waals surface area contributed by atoms with E-state index in [9.17, 15) is 5.11 Å². The Bertz CT molecular complexity index is 480. The Morgan fingerprint density at radius 1 is 0.882 bits per heavy atom. The Hall–Kier alpha value is -2.02. The van der Waals surface area contributed by atoms with E-state index in [4.69, 9.17) is 0 Å². The molecule has 2 aromatic rings. The van der Waals surface area contributed by atoms with E-state index >= 15 is 0 Å². The van der Waals surface area contributed by atoms with Crippen molar-refractivity contribution in [1.29, 1.82) is 0 Å². The summed E-state index contributed by atoms with van der Waals surface area (Å²) in [7, 11) is 0. The molecule has 86 valence electrons. The lowest BCUT2D eigenvalue weighted by Crippen LogP contribution is -1.83. The van der Waals surface area contributed by atoms with Gasteiger partial charge in [-0.3, -0.25) is 0 Å². The zero-order valence-corrected chi connectivity index (χ0v) is 9.76. The largest absolute Gasteiger partial charge is 0.508 e. The molecule has 0 aliphatic carbocycles. The topological polar surface area (TPSA) is 20.2 Å². The first kappa shape index (κ1) is 11.5. The van der Waals surface area contributed by atoms with E-state index in [0.717, 1.165) is 18.4 Å². The van der Waals surface area contributed by atoms with Crippen LogP contribution in [-0.4, -0.2) is 5.11 Å². The summed E-state index contributed by atoms with van der Waals surface area (Å²) >= 11 is 0. The summed E-state index contributed by atoms with van der Waals surface area (Å²) in [5.41, 5.74) is 3.62. The molecular formula is C16H16O. The van der Waals surface area contributed by atoms with Gasteiger partial charge in [-0.1, -0.05) is 42.5 Å². The molecule has 0 bridgehead atoms. The average Bonchev–Trinajstić information content (AvgIpc) is 2.38. The highest BCUT2D eigenvalue weighted by molar-refractivity contribution is 5.64. The number of rotatable bonds is 4. The van der Waals surface area contributed by atoms with Crippen LogP contribution in [0.3, 0.4) is 0 Å². The predicted molar refractivity (Wildman–Crippen MR) is 72.1 cm³/mol. The Morgan fingerprint density at radius 2 is 1.41 bits per heavy atom. The van der Waals surface area contributed by atoms with Crippen molar-refractivity contribution in [2.75, 3.05) is 0 Å².